The molecular formula is C16H20IN5O4. The number of benzene rings is 1. The van der Waals surface area contributed by atoms with Crippen molar-refractivity contribution >= 4 is 40.5 Å². The first-order chi connectivity index (χ1) is 11.9. The molecule has 0 aliphatic carbocycles. The Morgan fingerprint density at radius 3 is 2.58 bits per heavy atom. The van der Waals surface area contributed by atoms with Gasteiger partial charge < -0.3 is 14.8 Å². The molecule has 26 heavy (non-hydrogen) atoms. The Morgan fingerprint density at radius 1 is 1.19 bits per heavy atom. The standard InChI is InChI=1S/C15H16IN5O4.CH4/c1-8-18-13(21-15(19-8)25-3)20-14(23)17-7-9-6-10(16)4-5-11(9)12(22)24-2;/h4-6H,7H2,1-3H3,(H2,17,18,19,20,21,23);1H4. The van der Waals surface area contributed by atoms with Crippen LogP contribution >= 0.6 is 22.6 Å². The van der Waals surface area contributed by atoms with Crippen molar-refractivity contribution in [2.45, 2.75) is 20.9 Å². The molecule has 9 nitrogen and oxygen atoms in total. The molecule has 0 atom stereocenters. The highest BCUT2D eigenvalue weighted by molar-refractivity contribution is 14.1. The molecule has 1 heterocycles. The Kier molecular flexibility index (Phi) is 8.16. The lowest BCUT2D eigenvalue weighted by molar-refractivity contribution is 0.0599. The number of amides is 2. The first kappa shape index (κ1) is 21.5. The van der Waals surface area contributed by atoms with Crippen molar-refractivity contribution in [2.24, 2.45) is 0 Å². The molecule has 140 valence electrons. The molecule has 0 radical (unpaired) electrons. The molecule has 0 bridgehead atoms. The van der Waals surface area contributed by atoms with E-state index >= 15 is 0 Å². The molecule has 0 aliphatic heterocycles. The third-order valence-corrected chi connectivity index (χ3v) is 3.72. The number of aromatic nitrogens is 3. The minimum absolute atomic E-state index is 0. The molecule has 0 saturated heterocycles. The van der Waals surface area contributed by atoms with Gasteiger partial charge in [-0.15, -0.1) is 0 Å². The Labute approximate surface area is 165 Å². The van der Waals surface area contributed by atoms with Crippen LogP contribution in [0.3, 0.4) is 0 Å². The van der Waals surface area contributed by atoms with Gasteiger partial charge in [-0.3, -0.25) is 5.32 Å². The van der Waals surface area contributed by atoms with E-state index in [0.717, 1.165) is 3.57 Å². The SMILES string of the molecule is C.COC(=O)c1ccc(I)cc1CNC(=O)Nc1nc(C)nc(OC)n1. The number of hydrogen-bond acceptors (Lipinski definition) is 7. The molecular weight excluding hydrogens is 453 g/mol. The fourth-order valence-electron chi connectivity index (χ4n) is 1.94. The molecule has 0 aliphatic rings. The van der Waals surface area contributed by atoms with Crippen molar-refractivity contribution in [3.63, 3.8) is 0 Å². The zero-order valence-corrected chi connectivity index (χ0v) is 15.9. The summed E-state index contributed by atoms with van der Waals surface area (Å²) in [5.74, 6) is 0.0110. The van der Waals surface area contributed by atoms with Gasteiger partial charge in [-0.05, 0) is 53.3 Å². The van der Waals surface area contributed by atoms with Gasteiger partial charge in [0.25, 0.3) is 0 Å². The van der Waals surface area contributed by atoms with Crippen molar-refractivity contribution < 1.29 is 19.1 Å². The fourth-order valence-corrected chi connectivity index (χ4v) is 2.50. The fraction of sp³-hybridized carbons (Fsp3) is 0.312. The lowest BCUT2D eigenvalue weighted by Gasteiger charge is -2.11. The minimum Gasteiger partial charge on any atom is -0.467 e. The van der Waals surface area contributed by atoms with Crippen LogP contribution in [0, 0.1) is 10.5 Å². The Hall–Kier alpha value is -2.50. The summed E-state index contributed by atoms with van der Waals surface area (Å²) in [5.41, 5.74) is 1.03. The Balaban J connectivity index is 0.00000338. The second-order valence-electron chi connectivity index (χ2n) is 4.79. The van der Waals surface area contributed by atoms with Crippen LogP contribution in [0.2, 0.25) is 0 Å². The van der Waals surface area contributed by atoms with Crippen LogP contribution in [0.1, 0.15) is 29.2 Å². The molecule has 1 aromatic carbocycles. The quantitative estimate of drug-likeness (QED) is 0.507. The van der Waals surface area contributed by atoms with Crippen LogP contribution < -0.4 is 15.4 Å². The van der Waals surface area contributed by atoms with Gasteiger partial charge in [-0.2, -0.15) is 15.0 Å². The van der Waals surface area contributed by atoms with Crippen molar-refractivity contribution in [3.8, 4) is 6.01 Å². The summed E-state index contributed by atoms with van der Waals surface area (Å²) in [6, 6.07) is 4.82. The molecule has 2 aromatic rings. The van der Waals surface area contributed by atoms with Crippen LogP contribution in [-0.4, -0.2) is 41.2 Å². The summed E-state index contributed by atoms with van der Waals surface area (Å²) < 4.78 is 10.6. The summed E-state index contributed by atoms with van der Waals surface area (Å²) in [4.78, 5) is 35.7. The molecule has 1 aromatic heterocycles. The lowest BCUT2D eigenvalue weighted by atomic mass is 10.1. The molecule has 0 unspecified atom stereocenters. The first-order valence-corrected chi connectivity index (χ1v) is 8.19. The molecule has 0 fully saturated rings. The largest absolute Gasteiger partial charge is 0.467 e. The summed E-state index contributed by atoms with van der Waals surface area (Å²) >= 11 is 2.12. The van der Waals surface area contributed by atoms with E-state index in [1.54, 1.807) is 25.1 Å². The van der Waals surface area contributed by atoms with E-state index in [1.807, 2.05) is 0 Å². The second kappa shape index (κ2) is 9.85. The molecule has 2 rings (SSSR count). The Bertz CT molecular complexity index is 800. The summed E-state index contributed by atoms with van der Waals surface area (Å²) in [6.45, 7) is 1.79. The minimum atomic E-state index is -0.526. The highest BCUT2D eigenvalue weighted by Gasteiger charge is 2.14. The van der Waals surface area contributed by atoms with E-state index in [9.17, 15) is 9.59 Å². The number of nitrogens with one attached hydrogen (secondary N) is 2. The van der Waals surface area contributed by atoms with Gasteiger partial charge in [-0.1, -0.05) is 7.43 Å². The zero-order chi connectivity index (χ0) is 18.4. The summed E-state index contributed by atoms with van der Waals surface area (Å²) in [6.07, 6.45) is 0. The molecule has 10 heteroatoms. The van der Waals surface area contributed by atoms with E-state index < -0.39 is 12.0 Å². The maximum atomic E-state index is 12.1. The summed E-state index contributed by atoms with van der Waals surface area (Å²) in [5, 5.41) is 5.14. The van der Waals surface area contributed by atoms with Crippen molar-refractivity contribution in [1.29, 1.82) is 0 Å². The topological polar surface area (TPSA) is 115 Å². The molecule has 2 amide bonds. The number of nitrogens with zero attached hydrogens (tertiary/aromatic N) is 3. The third-order valence-electron chi connectivity index (χ3n) is 3.05. The zero-order valence-electron chi connectivity index (χ0n) is 13.8. The van der Waals surface area contributed by atoms with Gasteiger partial charge in [0.15, 0.2) is 0 Å². The van der Waals surface area contributed by atoms with Gasteiger partial charge in [0.2, 0.25) is 5.95 Å². The third kappa shape index (κ3) is 5.79. The van der Waals surface area contributed by atoms with Crippen molar-refractivity contribution in [2.75, 3.05) is 19.5 Å². The number of carbonyl (C=O) groups excluding carboxylic acids is 2. The maximum Gasteiger partial charge on any atom is 0.338 e. The molecule has 2 N–H and O–H groups in total. The van der Waals surface area contributed by atoms with E-state index in [1.165, 1.54) is 14.2 Å². The normalized spacial score (nSPS) is 9.69. The average Bonchev–Trinajstić information content (AvgIpc) is 2.58. The molecule has 0 saturated carbocycles. The number of hydrogen-bond donors (Lipinski definition) is 2. The number of ether oxygens (including phenoxy) is 2. The number of esters is 1. The van der Waals surface area contributed by atoms with Crippen LogP contribution in [-0.2, 0) is 11.3 Å². The van der Waals surface area contributed by atoms with Crippen LogP contribution in [0.25, 0.3) is 0 Å². The predicted molar refractivity (Wildman–Crippen MR) is 104 cm³/mol. The number of urea groups is 1. The van der Waals surface area contributed by atoms with E-state index in [2.05, 4.69) is 48.2 Å². The smallest absolute Gasteiger partial charge is 0.338 e. The number of rotatable bonds is 5. The number of carbonyl (C=O) groups is 2. The van der Waals surface area contributed by atoms with E-state index in [-0.39, 0.29) is 25.9 Å². The van der Waals surface area contributed by atoms with Crippen LogP contribution in [0.5, 0.6) is 6.01 Å². The second-order valence-corrected chi connectivity index (χ2v) is 6.04. The van der Waals surface area contributed by atoms with E-state index in [4.69, 9.17) is 9.47 Å². The van der Waals surface area contributed by atoms with Crippen LogP contribution in [0.4, 0.5) is 10.7 Å². The highest BCUT2D eigenvalue weighted by atomic mass is 127. The molecule has 0 spiro atoms. The summed E-state index contributed by atoms with van der Waals surface area (Å²) in [7, 11) is 2.73. The van der Waals surface area contributed by atoms with Gasteiger partial charge in [0, 0.05) is 10.1 Å². The average molecular weight is 473 g/mol. The van der Waals surface area contributed by atoms with Crippen molar-refractivity contribution in [3.05, 3.63) is 38.7 Å². The van der Waals surface area contributed by atoms with Crippen LogP contribution in [0.15, 0.2) is 18.2 Å². The number of aryl methyl sites for hydroxylation is 1. The lowest BCUT2D eigenvalue weighted by Crippen LogP contribution is -2.30. The van der Waals surface area contributed by atoms with Gasteiger partial charge >= 0.3 is 18.0 Å². The Morgan fingerprint density at radius 2 is 1.92 bits per heavy atom. The highest BCUT2D eigenvalue weighted by Crippen LogP contribution is 2.15. The van der Waals surface area contributed by atoms with Gasteiger partial charge in [0.05, 0.1) is 19.8 Å². The predicted octanol–water partition coefficient (Wildman–Crippen LogP) is 2.54. The number of methoxy groups -OCH3 is 2. The first-order valence-electron chi connectivity index (χ1n) is 7.11. The monoisotopic (exact) mass is 473 g/mol. The van der Waals surface area contributed by atoms with E-state index in [0.29, 0.717) is 17.0 Å². The van der Waals surface area contributed by atoms with Gasteiger partial charge in [-0.25, -0.2) is 9.59 Å². The maximum absolute atomic E-state index is 12.1. The number of anilines is 1. The van der Waals surface area contributed by atoms with Gasteiger partial charge in [0.1, 0.15) is 5.82 Å². The van der Waals surface area contributed by atoms with Crippen molar-refractivity contribution in [1.82, 2.24) is 20.3 Å². The number of halogens is 1.